The summed E-state index contributed by atoms with van der Waals surface area (Å²) in [6.45, 7) is 3.97. The highest BCUT2D eigenvalue weighted by Crippen LogP contribution is 2.34. The molecule has 16 heavy (non-hydrogen) atoms. The molecular formula is C12H16O3S. The summed E-state index contributed by atoms with van der Waals surface area (Å²) in [7, 11) is 1.31. The predicted molar refractivity (Wildman–Crippen MR) is 65.3 cm³/mol. The van der Waals surface area contributed by atoms with Crippen molar-refractivity contribution in [3.05, 3.63) is 22.8 Å². The van der Waals surface area contributed by atoms with Crippen molar-refractivity contribution < 1.29 is 14.6 Å². The first kappa shape index (κ1) is 12.9. The van der Waals surface area contributed by atoms with Gasteiger partial charge in [0.25, 0.3) is 0 Å². The Labute approximate surface area is 99.8 Å². The van der Waals surface area contributed by atoms with Gasteiger partial charge in [0.1, 0.15) is 11.3 Å². The quantitative estimate of drug-likeness (QED) is 0.652. The molecule has 0 radical (unpaired) electrons. The Morgan fingerprint density at radius 2 is 2.19 bits per heavy atom. The number of carbonyl (C=O) groups excluding carboxylic acids is 1. The van der Waals surface area contributed by atoms with Crippen LogP contribution in [0.4, 0.5) is 0 Å². The summed E-state index contributed by atoms with van der Waals surface area (Å²) in [5.74, 6) is -0.494. The number of rotatable bonds is 3. The minimum atomic E-state index is -0.493. The molecule has 3 nitrogen and oxygen atoms in total. The Kier molecular flexibility index (Phi) is 4.24. The fraction of sp³-hybridized carbons (Fsp3) is 0.417. The standard InChI is InChI=1S/C12H16O3S/c1-5-8-6-9(13)10(12(14)15-3)11(16-4)7(8)2/h6,13H,5H2,1-4H3. The molecule has 0 bridgehead atoms. The second kappa shape index (κ2) is 5.25. The Morgan fingerprint density at radius 1 is 1.56 bits per heavy atom. The topological polar surface area (TPSA) is 46.5 Å². The van der Waals surface area contributed by atoms with E-state index in [4.69, 9.17) is 0 Å². The third-order valence-corrected chi connectivity index (χ3v) is 3.51. The van der Waals surface area contributed by atoms with Crippen molar-refractivity contribution in [3.63, 3.8) is 0 Å². The van der Waals surface area contributed by atoms with Crippen LogP contribution in [0.3, 0.4) is 0 Å². The molecule has 0 fully saturated rings. The van der Waals surface area contributed by atoms with Crippen molar-refractivity contribution in [2.24, 2.45) is 0 Å². The number of esters is 1. The lowest BCUT2D eigenvalue weighted by atomic mass is 10.0. The maximum absolute atomic E-state index is 11.6. The summed E-state index contributed by atoms with van der Waals surface area (Å²) in [4.78, 5) is 12.4. The minimum Gasteiger partial charge on any atom is -0.507 e. The number of hydrogen-bond acceptors (Lipinski definition) is 4. The molecule has 1 N–H and O–H groups in total. The van der Waals surface area contributed by atoms with Gasteiger partial charge in [-0.1, -0.05) is 6.92 Å². The van der Waals surface area contributed by atoms with Gasteiger partial charge in [0.2, 0.25) is 0 Å². The number of phenolic OH excluding ortho intramolecular Hbond substituents is 1. The SMILES string of the molecule is CCc1cc(O)c(C(=O)OC)c(SC)c1C. The van der Waals surface area contributed by atoms with Gasteiger partial charge in [-0.2, -0.15) is 0 Å². The largest absolute Gasteiger partial charge is 0.507 e. The lowest BCUT2D eigenvalue weighted by molar-refractivity contribution is 0.0593. The zero-order chi connectivity index (χ0) is 12.3. The molecule has 0 aromatic heterocycles. The maximum Gasteiger partial charge on any atom is 0.342 e. The molecule has 0 amide bonds. The normalized spacial score (nSPS) is 10.2. The van der Waals surface area contributed by atoms with Crippen molar-refractivity contribution >= 4 is 17.7 Å². The number of thioether (sulfide) groups is 1. The van der Waals surface area contributed by atoms with Gasteiger partial charge in [0, 0.05) is 4.90 Å². The number of ether oxygens (including phenoxy) is 1. The highest BCUT2D eigenvalue weighted by atomic mass is 32.2. The molecule has 4 heteroatoms. The molecule has 1 aromatic carbocycles. The van der Waals surface area contributed by atoms with Crippen molar-refractivity contribution in [2.75, 3.05) is 13.4 Å². The number of benzene rings is 1. The highest BCUT2D eigenvalue weighted by molar-refractivity contribution is 7.98. The summed E-state index contributed by atoms with van der Waals surface area (Å²) in [6, 6.07) is 1.64. The summed E-state index contributed by atoms with van der Waals surface area (Å²) in [5.41, 5.74) is 2.35. The number of methoxy groups -OCH3 is 1. The first-order chi connectivity index (χ1) is 7.56. The molecule has 88 valence electrons. The van der Waals surface area contributed by atoms with E-state index >= 15 is 0 Å². The van der Waals surface area contributed by atoms with Crippen LogP contribution in [0.25, 0.3) is 0 Å². The first-order valence-electron chi connectivity index (χ1n) is 5.04. The van der Waals surface area contributed by atoms with Crippen LogP contribution in [0.1, 0.15) is 28.4 Å². The molecule has 0 saturated carbocycles. The predicted octanol–water partition coefficient (Wildman–Crippen LogP) is 2.77. The van der Waals surface area contributed by atoms with E-state index in [-0.39, 0.29) is 11.3 Å². The monoisotopic (exact) mass is 240 g/mol. The number of aryl methyl sites for hydroxylation is 1. The number of aromatic hydroxyl groups is 1. The van der Waals surface area contributed by atoms with Crippen molar-refractivity contribution in [3.8, 4) is 5.75 Å². The van der Waals surface area contributed by atoms with Crippen LogP contribution in [0.2, 0.25) is 0 Å². The molecule has 0 saturated heterocycles. The van der Waals surface area contributed by atoms with Gasteiger partial charge < -0.3 is 9.84 Å². The third-order valence-electron chi connectivity index (χ3n) is 2.59. The van der Waals surface area contributed by atoms with Gasteiger partial charge in [-0.15, -0.1) is 11.8 Å². The number of hydrogen-bond donors (Lipinski definition) is 1. The average Bonchev–Trinajstić information content (AvgIpc) is 2.29. The average molecular weight is 240 g/mol. The van der Waals surface area contributed by atoms with Gasteiger partial charge in [-0.05, 0) is 36.8 Å². The minimum absolute atomic E-state index is 0.00125. The summed E-state index contributed by atoms with van der Waals surface area (Å²) in [6.07, 6.45) is 2.71. The van der Waals surface area contributed by atoms with Crippen LogP contribution >= 0.6 is 11.8 Å². The number of phenols is 1. The van der Waals surface area contributed by atoms with Crippen LogP contribution in [0.5, 0.6) is 5.75 Å². The van der Waals surface area contributed by atoms with Crippen LogP contribution in [0, 0.1) is 6.92 Å². The van der Waals surface area contributed by atoms with Crippen molar-refractivity contribution in [1.82, 2.24) is 0 Å². The van der Waals surface area contributed by atoms with Gasteiger partial charge in [0.15, 0.2) is 0 Å². The zero-order valence-corrected chi connectivity index (χ0v) is 10.8. The van der Waals surface area contributed by atoms with Crippen LogP contribution < -0.4 is 0 Å². The second-order valence-electron chi connectivity index (χ2n) is 3.43. The molecule has 0 aliphatic heterocycles. The van der Waals surface area contributed by atoms with Crippen LogP contribution in [-0.4, -0.2) is 24.4 Å². The van der Waals surface area contributed by atoms with E-state index in [0.717, 1.165) is 22.4 Å². The second-order valence-corrected chi connectivity index (χ2v) is 4.25. The Morgan fingerprint density at radius 3 is 2.62 bits per heavy atom. The van der Waals surface area contributed by atoms with Crippen LogP contribution in [0.15, 0.2) is 11.0 Å². The summed E-state index contributed by atoms with van der Waals surface area (Å²) >= 11 is 1.45. The molecule has 1 rings (SSSR count). The maximum atomic E-state index is 11.6. The summed E-state index contributed by atoms with van der Waals surface area (Å²) < 4.78 is 4.68. The third kappa shape index (κ3) is 2.16. The fourth-order valence-corrected chi connectivity index (χ4v) is 2.55. The fourth-order valence-electron chi connectivity index (χ4n) is 1.72. The Balaban J connectivity index is 3.49. The van der Waals surface area contributed by atoms with E-state index in [1.165, 1.54) is 18.9 Å². The van der Waals surface area contributed by atoms with Crippen LogP contribution in [-0.2, 0) is 11.2 Å². The molecule has 0 heterocycles. The van der Waals surface area contributed by atoms with Gasteiger partial charge in [0.05, 0.1) is 7.11 Å². The summed E-state index contributed by atoms with van der Waals surface area (Å²) in [5, 5.41) is 9.85. The Bertz CT molecular complexity index is 413. The molecule has 0 unspecified atom stereocenters. The van der Waals surface area contributed by atoms with E-state index in [2.05, 4.69) is 4.74 Å². The molecule has 0 aliphatic carbocycles. The van der Waals surface area contributed by atoms with E-state index in [1.54, 1.807) is 6.07 Å². The molecule has 0 aliphatic rings. The molecule has 1 aromatic rings. The van der Waals surface area contributed by atoms with E-state index in [1.807, 2.05) is 20.1 Å². The van der Waals surface area contributed by atoms with E-state index < -0.39 is 5.97 Å². The molecule has 0 atom stereocenters. The lowest BCUT2D eigenvalue weighted by Gasteiger charge is -2.14. The van der Waals surface area contributed by atoms with E-state index in [9.17, 15) is 9.90 Å². The van der Waals surface area contributed by atoms with Gasteiger partial charge in [-0.25, -0.2) is 4.79 Å². The first-order valence-corrected chi connectivity index (χ1v) is 6.27. The van der Waals surface area contributed by atoms with Crippen molar-refractivity contribution in [2.45, 2.75) is 25.2 Å². The van der Waals surface area contributed by atoms with Gasteiger partial charge >= 0.3 is 5.97 Å². The zero-order valence-electron chi connectivity index (χ0n) is 9.96. The molecular weight excluding hydrogens is 224 g/mol. The highest BCUT2D eigenvalue weighted by Gasteiger charge is 2.20. The number of carbonyl (C=O) groups is 1. The smallest absolute Gasteiger partial charge is 0.342 e. The van der Waals surface area contributed by atoms with Gasteiger partial charge in [-0.3, -0.25) is 0 Å². The van der Waals surface area contributed by atoms with E-state index in [0.29, 0.717) is 0 Å². The molecule has 0 spiro atoms. The van der Waals surface area contributed by atoms with Crippen molar-refractivity contribution in [1.29, 1.82) is 0 Å². The Hall–Kier alpha value is -1.16. The lowest BCUT2D eigenvalue weighted by Crippen LogP contribution is -2.06.